The summed E-state index contributed by atoms with van der Waals surface area (Å²) in [5.74, 6) is -1.27. The quantitative estimate of drug-likeness (QED) is 0.429. The van der Waals surface area contributed by atoms with Crippen molar-refractivity contribution in [1.82, 2.24) is 14.9 Å². The number of carbonyl (C=O) groups is 2. The molecular formula is C27H23FN4O2. The van der Waals surface area contributed by atoms with E-state index in [2.05, 4.69) is 15.3 Å². The number of benzene rings is 3. The van der Waals surface area contributed by atoms with Crippen molar-refractivity contribution in [3.05, 3.63) is 126 Å². The van der Waals surface area contributed by atoms with Crippen LogP contribution < -0.4 is 5.32 Å². The molecule has 0 bridgehead atoms. The molecule has 34 heavy (non-hydrogen) atoms. The van der Waals surface area contributed by atoms with Gasteiger partial charge in [-0.2, -0.15) is 0 Å². The zero-order valence-corrected chi connectivity index (χ0v) is 18.6. The van der Waals surface area contributed by atoms with Gasteiger partial charge in [0.15, 0.2) is 0 Å². The highest BCUT2D eigenvalue weighted by molar-refractivity contribution is 6.00. The zero-order chi connectivity index (χ0) is 23.9. The third kappa shape index (κ3) is 5.50. The number of nitrogens with one attached hydrogen (secondary N) is 1. The molecule has 6 nitrogen and oxygen atoms in total. The summed E-state index contributed by atoms with van der Waals surface area (Å²) in [7, 11) is 0. The molecule has 0 fully saturated rings. The Morgan fingerprint density at radius 3 is 2.29 bits per heavy atom. The van der Waals surface area contributed by atoms with Gasteiger partial charge in [0.2, 0.25) is 0 Å². The van der Waals surface area contributed by atoms with E-state index < -0.39 is 23.7 Å². The molecule has 2 amide bonds. The van der Waals surface area contributed by atoms with E-state index in [1.807, 2.05) is 61.5 Å². The number of rotatable bonds is 7. The van der Waals surface area contributed by atoms with Crippen LogP contribution in [-0.4, -0.2) is 26.7 Å². The summed E-state index contributed by atoms with van der Waals surface area (Å²) in [6, 6.07) is 21.4. The average molecular weight is 455 g/mol. The van der Waals surface area contributed by atoms with E-state index >= 15 is 0 Å². The number of halogens is 1. The Balaban J connectivity index is 1.77. The largest absolute Gasteiger partial charge is 0.324 e. The number of anilines is 1. The van der Waals surface area contributed by atoms with E-state index in [1.54, 1.807) is 0 Å². The summed E-state index contributed by atoms with van der Waals surface area (Å²) >= 11 is 0. The van der Waals surface area contributed by atoms with Crippen LogP contribution in [0.25, 0.3) is 0 Å². The average Bonchev–Trinajstić information content (AvgIpc) is 2.87. The third-order valence-electron chi connectivity index (χ3n) is 5.30. The van der Waals surface area contributed by atoms with Crippen LogP contribution in [0.1, 0.15) is 33.2 Å². The molecule has 0 saturated carbocycles. The molecule has 1 N–H and O–H groups in total. The molecule has 0 aliphatic carbocycles. The number of aromatic nitrogens is 2. The monoisotopic (exact) mass is 454 g/mol. The summed E-state index contributed by atoms with van der Waals surface area (Å²) in [6.45, 7) is 2.12. The Hall–Kier alpha value is -4.39. The molecule has 170 valence electrons. The second kappa shape index (κ2) is 10.5. The van der Waals surface area contributed by atoms with E-state index in [9.17, 15) is 14.0 Å². The highest BCUT2D eigenvalue weighted by Gasteiger charge is 2.33. The lowest BCUT2D eigenvalue weighted by atomic mass is 10.0. The number of hydrogen-bond acceptors (Lipinski definition) is 4. The number of nitrogens with zero attached hydrogens (tertiary/aromatic N) is 3. The number of hydrogen-bond donors (Lipinski definition) is 1. The van der Waals surface area contributed by atoms with Gasteiger partial charge in [-0.15, -0.1) is 0 Å². The van der Waals surface area contributed by atoms with Gasteiger partial charge in [-0.3, -0.25) is 14.6 Å². The minimum absolute atomic E-state index is 0.130. The Labute approximate surface area is 197 Å². The van der Waals surface area contributed by atoms with Gasteiger partial charge >= 0.3 is 0 Å². The van der Waals surface area contributed by atoms with E-state index in [0.717, 1.165) is 11.1 Å². The summed E-state index contributed by atoms with van der Waals surface area (Å²) < 4.78 is 13.4. The van der Waals surface area contributed by atoms with Crippen LogP contribution in [0, 0.1) is 12.7 Å². The first-order valence-electron chi connectivity index (χ1n) is 10.7. The first-order chi connectivity index (χ1) is 16.5. The van der Waals surface area contributed by atoms with Crippen molar-refractivity contribution in [3.8, 4) is 0 Å². The Bertz CT molecular complexity index is 1250. The van der Waals surface area contributed by atoms with Gasteiger partial charge in [-0.1, -0.05) is 60.2 Å². The van der Waals surface area contributed by atoms with Crippen LogP contribution in [0.3, 0.4) is 0 Å². The van der Waals surface area contributed by atoms with Gasteiger partial charge in [0, 0.05) is 24.6 Å². The van der Waals surface area contributed by atoms with Gasteiger partial charge in [-0.25, -0.2) is 9.37 Å². The molecular weight excluding hydrogens is 431 g/mol. The van der Waals surface area contributed by atoms with Crippen LogP contribution in [-0.2, 0) is 11.3 Å². The summed E-state index contributed by atoms with van der Waals surface area (Å²) in [5.41, 5.74) is 3.07. The SMILES string of the molecule is Cc1ccc([C@H](C(=O)Nc2ccc(F)cc2)N(Cc2ccccc2)C(=O)c2cnccn2)cc1. The highest BCUT2D eigenvalue weighted by atomic mass is 19.1. The van der Waals surface area contributed by atoms with Crippen molar-refractivity contribution in [2.24, 2.45) is 0 Å². The lowest BCUT2D eigenvalue weighted by molar-refractivity contribution is -0.121. The van der Waals surface area contributed by atoms with Crippen LogP contribution in [0.2, 0.25) is 0 Å². The molecule has 1 heterocycles. The first-order valence-corrected chi connectivity index (χ1v) is 10.7. The van der Waals surface area contributed by atoms with Crippen molar-refractivity contribution < 1.29 is 14.0 Å². The maximum Gasteiger partial charge on any atom is 0.275 e. The standard InChI is InChI=1S/C27H23FN4O2/c1-19-7-9-21(10-8-19)25(26(33)31-23-13-11-22(28)12-14-23)32(18-20-5-3-2-4-6-20)27(34)24-17-29-15-16-30-24/h2-17,25H,18H2,1H3,(H,31,33)/t25-/m1/s1. The van der Waals surface area contributed by atoms with Gasteiger partial charge < -0.3 is 10.2 Å². The Morgan fingerprint density at radius 2 is 1.65 bits per heavy atom. The number of amides is 2. The zero-order valence-electron chi connectivity index (χ0n) is 18.6. The molecule has 0 aliphatic rings. The summed E-state index contributed by atoms with van der Waals surface area (Å²) in [6.07, 6.45) is 4.30. The lowest BCUT2D eigenvalue weighted by Gasteiger charge is -2.31. The molecule has 0 aliphatic heterocycles. The Kier molecular flexibility index (Phi) is 7.03. The highest BCUT2D eigenvalue weighted by Crippen LogP contribution is 2.27. The molecule has 7 heteroatoms. The predicted molar refractivity (Wildman–Crippen MR) is 127 cm³/mol. The van der Waals surface area contributed by atoms with Crippen LogP contribution >= 0.6 is 0 Å². The Morgan fingerprint density at radius 1 is 0.941 bits per heavy atom. The molecule has 1 atom stereocenters. The molecule has 0 radical (unpaired) electrons. The van der Waals surface area contributed by atoms with E-state index in [1.165, 1.54) is 47.8 Å². The van der Waals surface area contributed by atoms with Crippen LogP contribution in [0.5, 0.6) is 0 Å². The second-order valence-electron chi connectivity index (χ2n) is 7.82. The van der Waals surface area contributed by atoms with Crippen molar-refractivity contribution in [2.45, 2.75) is 19.5 Å². The lowest BCUT2D eigenvalue weighted by Crippen LogP contribution is -2.41. The fourth-order valence-corrected chi connectivity index (χ4v) is 3.58. The molecule has 3 aromatic carbocycles. The fraction of sp³-hybridized carbons (Fsp3) is 0.111. The van der Waals surface area contributed by atoms with Gasteiger partial charge in [0.1, 0.15) is 17.6 Å². The van der Waals surface area contributed by atoms with Crippen molar-refractivity contribution in [2.75, 3.05) is 5.32 Å². The topological polar surface area (TPSA) is 75.2 Å². The van der Waals surface area contributed by atoms with E-state index in [-0.39, 0.29) is 12.2 Å². The van der Waals surface area contributed by atoms with Crippen molar-refractivity contribution in [1.29, 1.82) is 0 Å². The number of aryl methyl sites for hydroxylation is 1. The summed E-state index contributed by atoms with van der Waals surface area (Å²) in [4.78, 5) is 36.9. The first kappa shape index (κ1) is 22.8. The normalized spacial score (nSPS) is 11.5. The minimum Gasteiger partial charge on any atom is -0.324 e. The van der Waals surface area contributed by atoms with Crippen LogP contribution in [0.4, 0.5) is 10.1 Å². The van der Waals surface area contributed by atoms with E-state index in [4.69, 9.17) is 0 Å². The maximum atomic E-state index is 13.6. The molecule has 1 aromatic heterocycles. The smallest absolute Gasteiger partial charge is 0.275 e. The predicted octanol–water partition coefficient (Wildman–Crippen LogP) is 4.95. The van der Waals surface area contributed by atoms with Gasteiger partial charge in [-0.05, 0) is 42.3 Å². The molecule has 4 aromatic rings. The van der Waals surface area contributed by atoms with Crippen LogP contribution in [0.15, 0.2) is 97.5 Å². The van der Waals surface area contributed by atoms with Crippen molar-refractivity contribution in [3.63, 3.8) is 0 Å². The summed E-state index contributed by atoms with van der Waals surface area (Å²) in [5, 5.41) is 2.82. The fourth-order valence-electron chi connectivity index (χ4n) is 3.58. The second-order valence-corrected chi connectivity index (χ2v) is 7.82. The molecule has 4 rings (SSSR count). The van der Waals surface area contributed by atoms with Gasteiger partial charge in [0.25, 0.3) is 11.8 Å². The third-order valence-corrected chi connectivity index (χ3v) is 5.30. The van der Waals surface area contributed by atoms with Crippen molar-refractivity contribution >= 4 is 17.5 Å². The minimum atomic E-state index is -0.972. The molecule has 0 unspecified atom stereocenters. The number of carbonyl (C=O) groups excluding carboxylic acids is 2. The maximum absolute atomic E-state index is 13.6. The molecule has 0 spiro atoms. The van der Waals surface area contributed by atoms with Gasteiger partial charge in [0.05, 0.1) is 6.20 Å². The van der Waals surface area contributed by atoms with E-state index in [0.29, 0.717) is 11.3 Å². The molecule has 0 saturated heterocycles.